The summed E-state index contributed by atoms with van der Waals surface area (Å²) in [7, 11) is 0.918. The zero-order valence-corrected chi connectivity index (χ0v) is 8.47. The van der Waals surface area contributed by atoms with Gasteiger partial charge in [0.25, 0.3) is 0 Å². The zero-order chi connectivity index (χ0) is 9.84. The van der Waals surface area contributed by atoms with Gasteiger partial charge in [-0.25, -0.2) is 4.39 Å². The molecular weight excluding hydrogens is 242 g/mol. The number of rotatable bonds is 3. The minimum atomic E-state index is -0.516. The van der Waals surface area contributed by atoms with Crippen LogP contribution in [0.3, 0.4) is 0 Å². The first-order chi connectivity index (χ1) is 6.19. The Kier molecular flexibility index (Phi) is 3.56. The van der Waals surface area contributed by atoms with Crippen LogP contribution >= 0.6 is 15.9 Å². The lowest BCUT2D eigenvalue weighted by Gasteiger charge is -2.09. The highest BCUT2D eigenvalue weighted by Crippen LogP contribution is 2.32. The number of hydrogen-bond acceptors (Lipinski definition) is 3. The number of methoxy groups -OCH3 is 1. The lowest BCUT2D eigenvalue weighted by atomic mass is 10.3. The minimum absolute atomic E-state index is 0.172. The molecule has 0 saturated carbocycles. The molecule has 0 radical (unpaired) electrons. The Morgan fingerprint density at radius 1 is 1.46 bits per heavy atom. The van der Waals surface area contributed by atoms with Crippen LogP contribution < -0.4 is 9.39 Å². The van der Waals surface area contributed by atoms with Crippen LogP contribution in [0.1, 0.15) is 0 Å². The SMILES string of the molecule is COc1cc(Br)c(F)cc1OBO. The molecule has 1 aromatic carbocycles. The third kappa shape index (κ3) is 2.35. The molecule has 0 fully saturated rings. The van der Waals surface area contributed by atoms with Gasteiger partial charge in [-0.05, 0) is 15.9 Å². The van der Waals surface area contributed by atoms with Gasteiger partial charge in [-0.1, -0.05) is 0 Å². The quantitative estimate of drug-likeness (QED) is 0.818. The molecule has 0 aliphatic rings. The molecule has 0 atom stereocenters. The van der Waals surface area contributed by atoms with E-state index >= 15 is 0 Å². The molecule has 1 N–H and O–H groups in total. The Morgan fingerprint density at radius 2 is 2.15 bits per heavy atom. The Balaban J connectivity index is 3.09. The smallest absolute Gasteiger partial charge is 0.504 e. The third-order valence-corrected chi connectivity index (χ3v) is 2.03. The van der Waals surface area contributed by atoms with E-state index in [0.29, 0.717) is 5.75 Å². The van der Waals surface area contributed by atoms with Crippen molar-refractivity contribution in [2.45, 2.75) is 0 Å². The van der Waals surface area contributed by atoms with E-state index in [1.54, 1.807) is 0 Å². The third-order valence-electron chi connectivity index (χ3n) is 1.43. The van der Waals surface area contributed by atoms with Gasteiger partial charge < -0.3 is 14.4 Å². The molecule has 0 saturated heterocycles. The van der Waals surface area contributed by atoms with Crippen molar-refractivity contribution < 1.29 is 18.8 Å². The molecular formula is C7H7BBrFO3. The molecule has 3 nitrogen and oxygen atoms in total. The fourth-order valence-corrected chi connectivity index (χ4v) is 1.17. The second-order valence-electron chi connectivity index (χ2n) is 2.19. The van der Waals surface area contributed by atoms with Crippen LogP contribution in [-0.4, -0.2) is 19.8 Å². The summed E-state index contributed by atoms with van der Waals surface area (Å²) in [5.41, 5.74) is 0. The van der Waals surface area contributed by atoms with E-state index in [1.807, 2.05) is 0 Å². The van der Waals surface area contributed by atoms with Crippen molar-refractivity contribution >= 4 is 23.6 Å². The largest absolute Gasteiger partial charge is 0.536 e. The first-order valence-electron chi connectivity index (χ1n) is 3.45. The normalized spacial score (nSPS) is 9.54. The number of halogens is 2. The molecule has 0 unspecified atom stereocenters. The minimum Gasteiger partial charge on any atom is -0.536 e. The second kappa shape index (κ2) is 4.48. The first kappa shape index (κ1) is 10.3. The maximum absolute atomic E-state index is 13.0. The van der Waals surface area contributed by atoms with Crippen LogP contribution in [0.2, 0.25) is 0 Å². The second-order valence-corrected chi connectivity index (χ2v) is 3.04. The maximum Gasteiger partial charge on any atom is 0.504 e. The van der Waals surface area contributed by atoms with Crippen LogP contribution in [-0.2, 0) is 0 Å². The number of ether oxygens (including phenoxy) is 1. The molecule has 6 heteroatoms. The van der Waals surface area contributed by atoms with E-state index in [0.717, 1.165) is 6.07 Å². The van der Waals surface area contributed by atoms with Crippen molar-refractivity contribution in [1.82, 2.24) is 0 Å². The number of hydrogen-bond donors (Lipinski definition) is 1. The first-order valence-corrected chi connectivity index (χ1v) is 4.25. The molecule has 0 amide bonds. The van der Waals surface area contributed by atoms with Gasteiger partial charge >= 0.3 is 7.69 Å². The molecule has 0 aliphatic heterocycles. The van der Waals surface area contributed by atoms with E-state index in [9.17, 15) is 4.39 Å². The van der Waals surface area contributed by atoms with E-state index in [-0.39, 0.29) is 10.2 Å². The lowest BCUT2D eigenvalue weighted by molar-refractivity contribution is 0.379. The van der Waals surface area contributed by atoms with Crippen LogP contribution in [0.4, 0.5) is 4.39 Å². The molecule has 13 heavy (non-hydrogen) atoms. The Bertz CT molecular complexity index is 308. The summed E-state index contributed by atoms with van der Waals surface area (Å²) in [5, 5.41) is 8.49. The summed E-state index contributed by atoms with van der Waals surface area (Å²) in [6.45, 7) is 0. The van der Waals surface area contributed by atoms with Crippen LogP contribution in [0, 0.1) is 5.82 Å². The molecule has 0 bridgehead atoms. The molecule has 70 valence electrons. The summed E-state index contributed by atoms with van der Waals surface area (Å²) in [6, 6.07) is 2.57. The zero-order valence-electron chi connectivity index (χ0n) is 6.88. The van der Waals surface area contributed by atoms with E-state index < -0.39 is 13.5 Å². The van der Waals surface area contributed by atoms with Crippen LogP contribution in [0.25, 0.3) is 0 Å². The lowest BCUT2D eigenvalue weighted by Crippen LogP contribution is -2.02. The topological polar surface area (TPSA) is 38.7 Å². The summed E-state index contributed by atoms with van der Waals surface area (Å²) >= 11 is 3.00. The van der Waals surface area contributed by atoms with Gasteiger partial charge in [-0.15, -0.1) is 0 Å². The summed E-state index contributed by atoms with van der Waals surface area (Å²) in [4.78, 5) is 0. The Morgan fingerprint density at radius 3 is 2.69 bits per heavy atom. The average molecular weight is 249 g/mol. The molecule has 0 spiro atoms. The van der Waals surface area contributed by atoms with Gasteiger partial charge in [0.15, 0.2) is 5.75 Å². The monoisotopic (exact) mass is 248 g/mol. The molecule has 0 heterocycles. The fraction of sp³-hybridized carbons (Fsp3) is 0.143. The highest BCUT2D eigenvalue weighted by atomic mass is 79.9. The van der Waals surface area contributed by atoms with Crippen LogP contribution in [0.15, 0.2) is 16.6 Å². The van der Waals surface area contributed by atoms with Gasteiger partial charge in [0.1, 0.15) is 11.6 Å². The Labute approximate surface area is 83.9 Å². The summed E-state index contributed by atoms with van der Waals surface area (Å²) in [6.07, 6.45) is 0. The average Bonchev–Trinajstić information content (AvgIpc) is 2.11. The molecule has 1 rings (SSSR count). The van der Waals surface area contributed by atoms with Crippen molar-refractivity contribution in [3.63, 3.8) is 0 Å². The molecule has 0 aliphatic carbocycles. The number of benzene rings is 1. The van der Waals surface area contributed by atoms with Crippen molar-refractivity contribution in [3.8, 4) is 11.5 Å². The van der Waals surface area contributed by atoms with Gasteiger partial charge in [0, 0.05) is 12.1 Å². The van der Waals surface area contributed by atoms with Gasteiger partial charge in [-0.3, -0.25) is 0 Å². The predicted octanol–water partition coefficient (Wildman–Crippen LogP) is 1.23. The summed E-state index contributed by atoms with van der Waals surface area (Å²) in [5.74, 6) is 0.0669. The van der Waals surface area contributed by atoms with E-state index in [4.69, 9.17) is 14.4 Å². The van der Waals surface area contributed by atoms with Crippen LogP contribution in [0.5, 0.6) is 11.5 Å². The van der Waals surface area contributed by atoms with Crippen molar-refractivity contribution in [1.29, 1.82) is 0 Å². The highest BCUT2D eigenvalue weighted by Gasteiger charge is 2.09. The maximum atomic E-state index is 13.0. The molecule has 1 aromatic rings. The van der Waals surface area contributed by atoms with Gasteiger partial charge in [0.2, 0.25) is 0 Å². The van der Waals surface area contributed by atoms with Crippen molar-refractivity contribution in [2.75, 3.05) is 7.11 Å². The predicted molar refractivity (Wildman–Crippen MR) is 50.6 cm³/mol. The molecule has 0 aromatic heterocycles. The van der Waals surface area contributed by atoms with E-state index in [1.165, 1.54) is 13.2 Å². The fourth-order valence-electron chi connectivity index (χ4n) is 0.852. The van der Waals surface area contributed by atoms with Gasteiger partial charge in [-0.2, -0.15) is 0 Å². The van der Waals surface area contributed by atoms with E-state index in [2.05, 4.69) is 15.9 Å². The van der Waals surface area contributed by atoms with Crippen molar-refractivity contribution in [2.24, 2.45) is 0 Å². The standard InChI is InChI=1S/C7H7BBrFO3/c1-12-6-2-4(9)5(10)3-7(6)13-8-11/h2-3,8,11H,1H3. The summed E-state index contributed by atoms with van der Waals surface area (Å²) < 4.78 is 22.9. The Hall–Kier alpha value is -0.745. The highest BCUT2D eigenvalue weighted by molar-refractivity contribution is 9.10. The van der Waals surface area contributed by atoms with Gasteiger partial charge in [0.05, 0.1) is 11.6 Å². The van der Waals surface area contributed by atoms with Crippen molar-refractivity contribution in [3.05, 3.63) is 22.4 Å².